The predicted molar refractivity (Wildman–Crippen MR) is 120 cm³/mol. The molecule has 152 valence electrons. The molecule has 4 rings (SSSR count). The summed E-state index contributed by atoms with van der Waals surface area (Å²) < 4.78 is 5.42. The zero-order chi connectivity index (χ0) is 21.3. The van der Waals surface area contributed by atoms with Crippen molar-refractivity contribution in [2.75, 3.05) is 0 Å². The Bertz CT molecular complexity index is 1300. The number of hydrogen-bond donors (Lipinski definition) is 1. The highest BCUT2D eigenvalue weighted by atomic mass is 35.5. The molecule has 0 radical (unpaired) electrons. The minimum atomic E-state index is -0.471. The van der Waals surface area contributed by atoms with Crippen LogP contribution in [-0.2, 0) is 17.8 Å². The Morgan fingerprint density at radius 2 is 1.93 bits per heavy atom. The zero-order valence-corrected chi connectivity index (χ0v) is 18.2. The molecule has 0 aliphatic rings. The molecule has 0 bridgehead atoms. The van der Waals surface area contributed by atoms with E-state index in [1.54, 1.807) is 25.1 Å². The fourth-order valence-electron chi connectivity index (χ4n) is 3.10. The highest BCUT2D eigenvalue weighted by molar-refractivity contribution is 7.20. The summed E-state index contributed by atoms with van der Waals surface area (Å²) in [5.41, 5.74) is 1.95. The first-order valence-corrected chi connectivity index (χ1v) is 10.7. The number of thiophene rings is 1. The van der Waals surface area contributed by atoms with Crippen LogP contribution in [-0.4, -0.2) is 15.9 Å². The number of carbonyl (C=O) groups is 1. The van der Waals surface area contributed by atoms with E-state index in [2.05, 4.69) is 9.97 Å². The SMILES string of the molecule is Cc1c(C(=O)OCc2ccccc2)sc2nc(Cc3ccc(Cl)cc3Cl)[nH]c(=O)c12. The lowest BCUT2D eigenvalue weighted by atomic mass is 10.1. The number of fused-ring (bicyclic) bond motifs is 1. The van der Waals surface area contributed by atoms with Gasteiger partial charge in [-0.25, -0.2) is 9.78 Å². The predicted octanol–water partition coefficient (Wildman–Crippen LogP) is 5.55. The second-order valence-electron chi connectivity index (χ2n) is 6.72. The van der Waals surface area contributed by atoms with Crippen molar-refractivity contribution in [3.8, 4) is 0 Å². The zero-order valence-electron chi connectivity index (χ0n) is 15.9. The maximum absolute atomic E-state index is 12.7. The molecule has 2 aromatic heterocycles. The van der Waals surface area contributed by atoms with Gasteiger partial charge in [0.2, 0.25) is 0 Å². The number of esters is 1. The highest BCUT2D eigenvalue weighted by Gasteiger charge is 2.21. The third-order valence-corrected chi connectivity index (χ3v) is 6.37. The van der Waals surface area contributed by atoms with E-state index in [1.807, 2.05) is 30.3 Å². The smallest absolute Gasteiger partial charge is 0.349 e. The molecule has 0 amide bonds. The lowest BCUT2D eigenvalue weighted by Crippen LogP contribution is -2.12. The molecule has 4 aromatic rings. The van der Waals surface area contributed by atoms with Gasteiger partial charge in [-0.2, -0.15) is 0 Å². The van der Waals surface area contributed by atoms with Crippen molar-refractivity contribution in [2.45, 2.75) is 20.0 Å². The number of ether oxygens (including phenoxy) is 1. The van der Waals surface area contributed by atoms with Gasteiger partial charge in [0.25, 0.3) is 5.56 Å². The summed E-state index contributed by atoms with van der Waals surface area (Å²) in [6.07, 6.45) is 0.339. The first-order chi connectivity index (χ1) is 14.4. The molecule has 5 nitrogen and oxygen atoms in total. The molecule has 0 saturated carbocycles. The maximum Gasteiger partial charge on any atom is 0.349 e. The van der Waals surface area contributed by atoms with E-state index >= 15 is 0 Å². The molecule has 1 N–H and O–H groups in total. The Labute approximate surface area is 186 Å². The Kier molecular flexibility index (Phi) is 5.90. The summed E-state index contributed by atoms with van der Waals surface area (Å²) in [5, 5.41) is 1.43. The van der Waals surface area contributed by atoms with E-state index < -0.39 is 5.97 Å². The molecule has 2 aromatic carbocycles. The van der Waals surface area contributed by atoms with E-state index in [1.165, 1.54) is 0 Å². The molecule has 2 heterocycles. The number of aryl methyl sites for hydroxylation is 1. The average molecular weight is 459 g/mol. The van der Waals surface area contributed by atoms with Crippen molar-refractivity contribution in [3.05, 3.63) is 96.3 Å². The summed E-state index contributed by atoms with van der Waals surface area (Å²) >= 11 is 13.3. The monoisotopic (exact) mass is 458 g/mol. The fraction of sp³-hybridized carbons (Fsp3) is 0.136. The van der Waals surface area contributed by atoms with Crippen molar-refractivity contribution < 1.29 is 9.53 Å². The molecule has 30 heavy (non-hydrogen) atoms. The van der Waals surface area contributed by atoms with Crippen LogP contribution in [0, 0.1) is 6.92 Å². The standard InChI is InChI=1S/C22H16Cl2N2O3S/c1-12-18-20(27)25-17(9-14-7-8-15(23)10-16(14)24)26-21(18)30-19(12)22(28)29-11-13-5-3-2-4-6-13/h2-8,10H,9,11H2,1H3,(H,25,26,27). The third kappa shape index (κ3) is 4.26. The van der Waals surface area contributed by atoms with Gasteiger partial charge >= 0.3 is 5.97 Å². The van der Waals surface area contributed by atoms with Gasteiger partial charge in [-0.1, -0.05) is 59.6 Å². The Hall–Kier alpha value is -2.67. The van der Waals surface area contributed by atoms with Crippen molar-refractivity contribution in [1.29, 1.82) is 0 Å². The van der Waals surface area contributed by atoms with Gasteiger partial charge in [0.15, 0.2) is 0 Å². The van der Waals surface area contributed by atoms with Crippen LogP contribution in [0.3, 0.4) is 0 Å². The van der Waals surface area contributed by atoms with Crippen LogP contribution in [0.15, 0.2) is 53.3 Å². The molecule has 0 unspecified atom stereocenters. The Morgan fingerprint density at radius 3 is 2.67 bits per heavy atom. The minimum absolute atomic E-state index is 0.164. The van der Waals surface area contributed by atoms with Crippen molar-refractivity contribution in [3.63, 3.8) is 0 Å². The first kappa shape index (κ1) is 20.6. The van der Waals surface area contributed by atoms with Crippen molar-refractivity contribution in [2.24, 2.45) is 0 Å². The van der Waals surface area contributed by atoms with Gasteiger partial charge in [0.05, 0.1) is 5.39 Å². The number of carbonyl (C=O) groups excluding carboxylic acids is 1. The molecule has 0 atom stereocenters. The van der Waals surface area contributed by atoms with Crippen LogP contribution in [0.1, 0.15) is 32.2 Å². The van der Waals surface area contributed by atoms with Crippen LogP contribution in [0.2, 0.25) is 10.0 Å². The van der Waals surface area contributed by atoms with Crippen molar-refractivity contribution >= 4 is 50.7 Å². The average Bonchev–Trinajstić information content (AvgIpc) is 3.06. The first-order valence-electron chi connectivity index (χ1n) is 9.09. The van der Waals surface area contributed by atoms with Gasteiger partial charge in [-0.15, -0.1) is 11.3 Å². The normalized spacial score (nSPS) is 11.0. The van der Waals surface area contributed by atoms with E-state index in [-0.39, 0.29) is 12.2 Å². The maximum atomic E-state index is 12.7. The number of rotatable bonds is 5. The highest BCUT2D eigenvalue weighted by Crippen LogP contribution is 2.29. The number of aromatic nitrogens is 2. The summed E-state index contributed by atoms with van der Waals surface area (Å²) in [5.74, 6) is -0.0109. The largest absolute Gasteiger partial charge is 0.457 e. The number of benzene rings is 2. The molecule has 0 spiro atoms. The van der Waals surface area contributed by atoms with E-state index in [9.17, 15) is 9.59 Å². The summed E-state index contributed by atoms with van der Waals surface area (Å²) in [7, 11) is 0. The minimum Gasteiger partial charge on any atom is -0.457 e. The van der Waals surface area contributed by atoms with Crippen LogP contribution < -0.4 is 5.56 Å². The molecular weight excluding hydrogens is 443 g/mol. The van der Waals surface area contributed by atoms with Crippen LogP contribution in [0.25, 0.3) is 10.2 Å². The van der Waals surface area contributed by atoms with Gasteiger partial charge in [-0.3, -0.25) is 4.79 Å². The van der Waals surface area contributed by atoms with Gasteiger partial charge in [-0.05, 0) is 35.7 Å². The third-order valence-electron chi connectivity index (χ3n) is 4.62. The summed E-state index contributed by atoms with van der Waals surface area (Å²) in [6.45, 7) is 1.89. The van der Waals surface area contributed by atoms with Crippen LogP contribution in [0.5, 0.6) is 0 Å². The van der Waals surface area contributed by atoms with Gasteiger partial charge in [0.1, 0.15) is 22.1 Å². The van der Waals surface area contributed by atoms with Crippen LogP contribution >= 0.6 is 34.5 Å². The van der Waals surface area contributed by atoms with Gasteiger partial charge < -0.3 is 9.72 Å². The Morgan fingerprint density at radius 1 is 1.17 bits per heavy atom. The second-order valence-corrected chi connectivity index (χ2v) is 8.57. The van der Waals surface area contributed by atoms with E-state index in [4.69, 9.17) is 27.9 Å². The molecule has 0 fully saturated rings. The molecule has 8 heteroatoms. The second kappa shape index (κ2) is 8.60. The molecule has 0 aliphatic carbocycles. The molecule has 0 aliphatic heterocycles. The number of nitrogens with zero attached hydrogens (tertiary/aromatic N) is 1. The summed E-state index contributed by atoms with van der Waals surface area (Å²) in [4.78, 5) is 33.5. The molecular formula is C22H16Cl2N2O3S. The topological polar surface area (TPSA) is 72.0 Å². The lowest BCUT2D eigenvalue weighted by molar-refractivity contribution is 0.0478. The molecule has 0 saturated heterocycles. The quantitative estimate of drug-likeness (QED) is 0.398. The van der Waals surface area contributed by atoms with Gasteiger partial charge in [0, 0.05) is 16.5 Å². The number of hydrogen-bond acceptors (Lipinski definition) is 5. The van der Waals surface area contributed by atoms with Crippen molar-refractivity contribution in [1.82, 2.24) is 9.97 Å². The number of aromatic amines is 1. The summed E-state index contributed by atoms with van der Waals surface area (Å²) in [6, 6.07) is 14.6. The fourth-order valence-corrected chi connectivity index (χ4v) is 4.67. The number of H-pyrrole nitrogens is 1. The number of nitrogens with one attached hydrogen (secondary N) is 1. The Balaban J connectivity index is 1.62. The number of halogens is 2. The van der Waals surface area contributed by atoms with E-state index in [0.29, 0.717) is 42.9 Å². The lowest BCUT2D eigenvalue weighted by Gasteiger charge is -2.04. The van der Waals surface area contributed by atoms with E-state index in [0.717, 1.165) is 22.5 Å². The van der Waals surface area contributed by atoms with Crippen LogP contribution in [0.4, 0.5) is 0 Å².